The summed E-state index contributed by atoms with van der Waals surface area (Å²) in [5.74, 6) is 1.02. The van der Waals surface area contributed by atoms with Gasteiger partial charge in [-0.1, -0.05) is 35.5 Å². The Morgan fingerprint density at radius 2 is 1.80 bits per heavy atom. The number of ether oxygens (including phenoxy) is 2. The first-order valence-electron chi connectivity index (χ1n) is 9.65. The zero-order valence-corrected chi connectivity index (χ0v) is 16.5. The number of anilines is 1. The molecule has 4 rings (SSSR count). The number of fused-ring (bicyclic) bond motifs is 1. The largest absolute Gasteiger partial charge is 0.486 e. The zero-order chi connectivity index (χ0) is 20.9. The first-order valence-corrected chi connectivity index (χ1v) is 9.65. The number of nitrogens with zero attached hydrogens (tertiary/aromatic N) is 2. The molecule has 8 heteroatoms. The van der Waals surface area contributed by atoms with Crippen molar-refractivity contribution in [1.82, 2.24) is 10.1 Å². The lowest BCUT2D eigenvalue weighted by Gasteiger charge is -2.20. The number of aromatic nitrogens is 1. The number of carbonyl (C=O) groups excluding carboxylic acids is 2. The van der Waals surface area contributed by atoms with Gasteiger partial charge in [-0.15, -0.1) is 0 Å². The summed E-state index contributed by atoms with van der Waals surface area (Å²) in [4.78, 5) is 26.7. The molecule has 154 valence electrons. The van der Waals surface area contributed by atoms with Crippen LogP contribution in [0.3, 0.4) is 0 Å². The third-order valence-corrected chi connectivity index (χ3v) is 4.62. The molecule has 0 bridgehead atoms. The minimum atomic E-state index is -0.374. The first kappa shape index (κ1) is 19.5. The molecule has 0 unspecified atom stereocenters. The Morgan fingerprint density at radius 3 is 2.57 bits per heavy atom. The molecule has 0 aliphatic carbocycles. The van der Waals surface area contributed by atoms with Crippen molar-refractivity contribution in [2.45, 2.75) is 6.92 Å². The zero-order valence-electron chi connectivity index (χ0n) is 16.5. The molecular weight excluding hydrogens is 386 g/mol. The van der Waals surface area contributed by atoms with Crippen LogP contribution in [0.15, 0.2) is 59.1 Å². The van der Waals surface area contributed by atoms with E-state index in [4.69, 9.17) is 14.0 Å². The van der Waals surface area contributed by atoms with Gasteiger partial charge in [-0.3, -0.25) is 9.59 Å². The molecule has 0 radical (unpaired) electrons. The van der Waals surface area contributed by atoms with Gasteiger partial charge in [-0.25, -0.2) is 0 Å². The van der Waals surface area contributed by atoms with Gasteiger partial charge in [0.2, 0.25) is 5.91 Å². The van der Waals surface area contributed by atoms with E-state index in [-0.39, 0.29) is 24.1 Å². The summed E-state index contributed by atoms with van der Waals surface area (Å²) < 4.78 is 16.3. The minimum Gasteiger partial charge on any atom is -0.486 e. The van der Waals surface area contributed by atoms with Crippen molar-refractivity contribution in [2.75, 3.05) is 31.6 Å². The Labute approximate surface area is 173 Å². The molecule has 2 amide bonds. The van der Waals surface area contributed by atoms with Gasteiger partial charge in [-0.05, 0) is 19.1 Å². The number of amides is 2. The highest BCUT2D eigenvalue weighted by atomic mass is 16.6. The Hall–Kier alpha value is -3.81. The van der Waals surface area contributed by atoms with Crippen molar-refractivity contribution in [3.63, 3.8) is 0 Å². The van der Waals surface area contributed by atoms with E-state index < -0.39 is 0 Å². The van der Waals surface area contributed by atoms with Crippen LogP contribution in [0.1, 0.15) is 17.4 Å². The first-order chi connectivity index (χ1) is 14.6. The quantitative estimate of drug-likeness (QED) is 0.674. The van der Waals surface area contributed by atoms with E-state index >= 15 is 0 Å². The molecule has 0 saturated carbocycles. The van der Waals surface area contributed by atoms with Gasteiger partial charge in [0, 0.05) is 29.9 Å². The molecule has 1 aliphatic heterocycles. The lowest BCUT2D eigenvalue weighted by molar-refractivity contribution is -0.116. The van der Waals surface area contributed by atoms with Gasteiger partial charge in [-0.2, -0.15) is 0 Å². The summed E-state index contributed by atoms with van der Waals surface area (Å²) in [6.45, 7) is 3.00. The number of hydrogen-bond donors (Lipinski definition) is 1. The van der Waals surface area contributed by atoms with Gasteiger partial charge in [0.25, 0.3) is 5.91 Å². The fraction of sp³-hybridized carbons (Fsp3) is 0.227. The highest BCUT2D eigenvalue weighted by Gasteiger charge is 2.22. The number of carbonyl (C=O) groups is 2. The third-order valence-electron chi connectivity index (χ3n) is 4.62. The number of hydrogen-bond acceptors (Lipinski definition) is 6. The average molecular weight is 407 g/mol. The Kier molecular flexibility index (Phi) is 5.65. The molecule has 1 N–H and O–H groups in total. The molecular formula is C22H21N3O5. The van der Waals surface area contributed by atoms with Crippen LogP contribution in [0.5, 0.6) is 11.5 Å². The monoisotopic (exact) mass is 407 g/mol. The fourth-order valence-electron chi connectivity index (χ4n) is 3.10. The predicted molar refractivity (Wildman–Crippen MR) is 110 cm³/mol. The van der Waals surface area contributed by atoms with Gasteiger partial charge in [0.1, 0.15) is 19.8 Å². The molecule has 0 atom stereocenters. The summed E-state index contributed by atoms with van der Waals surface area (Å²) in [6.07, 6.45) is 0. The normalized spacial score (nSPS) is 12.3. The molecule has 2 heterocycles. The van der Waals surface area contributed by atoms with Crippen molar-refractivity contribution in [3.8, 4) is 22.8 Å². The molecule has 1 aromatic heterocycles. The van der Waals surface area contributed by atoms with Crippen molar-refractivity contribution in [3.05, 3.63) is 60.3 Å². The van der Waals surface area contributed by atoms with Crippen LogP contribution in [-0.2, 0) is 4.79 Å². The number of nitrogens with one attached hydrogen (secondary N) is 1. The number of benzene rings is 2. The standard InChI is InChI=1S/C22H21N3O5/c1-2-25(22(27)17-13-19(30-24-17)15-6-4-3-5-7-15)14-21(26)23-16-8-9-18-20(12-16)29-11-10-28-18/h3-9,12-13H,2,10-11,14H2,1H3,(H,23,26). The molecule has 3 aromatic rings. The number of likely N-dealkylation sites (N-methyl/N-ethyl adjacent to an activating group) is 1. The summed E-state index contributed by atoms with van der Waals surface area (Å²) in [5.41, 5.74) is 1.55. The topological polar surface area (TPSA) is 93.9 Å². The van der Waals surface area contributed by atoms with Crippen molar-refractivity contribution in [1.29, 1.82) is 0 Å². The molecule has 2 aromatic carbocycles. The van der Waals surface area contributed by atoms with Gasteiger partial charge in [0.15, 0.2) is 23.0 Å². The highest BCUT2D eigenvalue weighted by Crippen LogP contribution is 2.32. The maximum Gasteiger partial charge on any atom is 0.276 e. The van der Waals surface area contributed by atoms with Crippen LogP contribution in [0.4, 0.5) is 5.69 Å². The fourth-order valence-corrected chi connectivity index (χ4v) is 3.10. The van der Waals surface area contributed by atoms with E-state index in [0.29, 0.717) is 42.7 Å². The average Bonchev–Trinajstić information content (AvgIpc) is 3.28. The summed E-state index contributed by atoms with van der Waals surface area (Å²) in [7, 11) is 0. The third kappa shape index (κ3) is 4.27. The van der Waals surface area contributed by atoms with E-state index in [2.05, 4.69) is 10.5 Å². The van der Waals surface area contributed by atoms with Crippen LogP contribution < -0.4 is 14.8 Å². The van der Waals surface area contributed by atoms with E-state index in [1.165, 1.54) is 4.90 Å². The van der Waals surface area contributed by atoms with Gasteiger partial charge >= 0.3 is 0 Å². The Morgan fingerprint density at radius 1 is 1.03 bits per heavy atom. The van der Waals surface area contributed by atoms with Crippen LogP contribution in [-0.4, -0.2) is 48.2 Å². The van der Waals surface area contributed by atoms with Gasteiger partial charge < -0.3 is 24.2 Å². The second-order valence-electron chi connectivity index (χ2n) is 6.67. The minimum absolute atomic E-state index is 0.114. The van der Waals surface area contributed by atoms with E-state index in [9.17, 15) is 9.59 Å². The second kappa shape index (κ2) is 8.69. The Balaban J connectivity index is 1.41. The van der Waals surface area contributed by atoms with Crippen molar-refractivity contribution >= 4 is 17.5 Å². The van der Waals surface area contributed by atoms with Crippen molar-refractivity contribution in [2.24, 2.45) is 0 Å². The highest BCUT2D eigenvalue weighted by molar-refractivity contribution is 5.98. The van der Waals surface area contributed by atoms with Crippen LogP contribution in [0.25, 0.3) is 11.3 Å². The van der Waals surface area contributed by atoms with Crippen LogP contribution in [0, 0.1) is 0 Å². The smallest absolute Gasteiger partial charge is 0.276 e. The summed E-state index contributed by atoms with van der Waals surface area (Å²) in [6, 6.07) is 16.1. The van der Waals surface area contributed by atoms with E-state index in [1.807, 2.05) is 30.3 Å². The second-order valence-corrected chi connectivity index (χ2v) is 6.67. The Bertz CT molecular complexity index is 1050. The predicted octanol–water partition coefficient (Wildman–Crippen LogP) is 3.21. The van der Waals surface area contributed by atoms with Crippen LogP contribution in [0.2, 0.25) is 0 Å². The lowest BCUT2D eigenvalue weighted by atomic mass is 10.1. The van der Waals surface area contributed by atoms with E-state index in [0.717, 1.165) is 5.56 Å². The van der Waals surface area contributed by atoms with Crippen molar-refractivity contribution < 1.29 is 23.6 Å². The SMILES string of the molecule is CCN(CC(=O)Nc1ccc2c(c1)OCCO2)C(=O)c1cc(-c2ccccc2)on1. The molecule has 30 heavy (non-hydrogen) atoms. The summed E-state index contributed by atoms with van der Waals surface area (Å²) >= 11 is 0. The maximum atomic E-state index is 12.8. The molecule has 0 fully saturated rings. The maximum absolute atomic E-state index is 12.8. The molecule has 0 saturated heterocycles. The van der Waals surface area contributed by atoms with E-state index in [1.54, 1.807) is 31.2 Å². The van der Waals surface area contributed by atoms with Crippen LogP contribution >= 0.6 is 0 Å². The van der Waals surface area contributed by atoms with Gasteiger partial charge in [0.05, 0.1) is 0 Å². The molecule has 1 aliphatic rings. The molecule has 8 nitrogen and oxygen atoms in total. The lowest BCUT2D eigenvalue weighted by Crippen LogP contribution is -2.38. The number of rotatable bonds is 6. The summed E-state index contributed by atoms with van der Waals surface area (Å²) in [5, 5.41) is 6.65. The molecule has 0 spiro atoms.